The van der Waals surface area contributed by atoms with Crippen molar-refractivity contribution in [2.45, 2.75) is 0 Å². The van der Waals surface area contributed by atoms with Crippen LogP contribution >= 0.6 is 25.6 Å². The molecule has 6 heteroatoms. The minimum Gasteiger partial charge on any atom is -0.452 e. The summed E-state index contributed by atoms with van der Waals surface area (Å²) < 4.78 is 5.07. The van der Waals surface area contributed by atoms with Crippen LogP contribution in [0.5, 0.6) is 0 Å². The Kier molecular flexibility index (Phi) is 3.84. The van der Waals surface area contributed by atoms with Crippen LogP contribution in [0.25, 0.3) is 0 Å². The summed E-state index contributed by atoms with van der Waals surface area (Å²) in [6.45, 7) is 0. The fourth-order valence-electron chi connectivity index (χ4n) is 0.127. The maximum atomic E-state index is 10.1. The van der Waals surface area contributed by atoms with E-state index in [2.05, 4.69) is 35.8 Å². The maximum absolute atomic E-state index is 10.1. The maximum Gasteiger partial charge on any atom is 0.422 e. The minimum absolute atomic E-state index is 0.602. The highest BCUT2D eigenvalue weighted by atomic mass is 32.2. The average Bonchev–Trinajstić information content (AvgIpc) is 1.65. The van der Waals surface area contributed by atoms with Gasteiger partial charge in [-0.15, -0.1) is 3.82 Å². The molecule has 0 saturated heterocycles. The third-order valence-electron chi connectivity index (χ3n) is 0.377. The molecule has 1 N–H and O–H groups in total. The van der Waals surface area contributed by atoms with Crippen molar-refractivity contribution < 1.29 is 9.53 Å². The molecule has 1 amide bonds. The Morgan fingerprint density at radius 2 is 2.25 bits per heavy atom. The largest absolute Gasteiger partial charge is 0.452 e. The van der Waals surface area contributed by atoms with E-state index in [1.165, 1.54) is 7.11 Å². The Bertz CT molecular complexity index is 86.1. The van der Waals surface area contributed by atoms with Gasteiger partial charge in [0.25, 0.3) is 0 Å². The van der Waals surface area contributed by atoms with E-state index in [4.69, 9.17) is 0 Å². The van der Waals surface area contributed by atoms with Crippen LogP contribution in [0.15, 0.2) is 0 Å². The van der Waals surface area contributed by atoms with Crippen LogP contribution in [0.2, 0.25) is 0 Å². The molecule has 0 fully saturated rings. The Morgan fingerprint density at radius 3 is 2.38 bits per heavy atom. The lowest BCUT2D eigenvalue weighted by Gasteiger charge is -2.05. The molecule has 0 radical (unpaired) electrons. The summed E-state index contributed by atoms with van der Waals surface area (Å²) in [5.74, 6) is 0. The first-order chi connectivity index (χ1) is 3.66. The Hall–Kier alpha value is -0.0700. The molecule has 0 aromatic rings. The van der Waals surface area contributed by atoms with Crippen LogP contribution in [0.1, 0.15) is 0 Å². The van der Waals surface area contributed by atoms with Crippen molar-refractivity contribution in [3.63, 3.8) is 0 Å². The first-order valence-electron chi connectivity index (χ1n) is 1.69. The molecule has 0 saturated carbocycles. The van der Waals surface area contributed by atoms with Gasteiger partial charge in [0.15, 0.2) is 0 Å². The Morgan fingerprint density at radius 1 is 1.75 bits per heavy atom. The molecule has 4 nitrogen and oxygen atoms in total. The SMILES string of the molecule is COC(=O)NN(S)S. The highest BCUT2D eigenvalue weighted by molar-refractivity contribution is 7.93. The molecule has 0 aliphatic heterocycles. The summed E-state index contributed by atoms with van der Waals surface area (Å²) >= 11 is 7.15. The quantitative estimate of drug-likeness (QED) is 0.374. The van der Waals surface area contributed by atoms with E-state index in [0.29, 0.717) is 0 Å². The van der Waals surface area contributed by atoms with Gasteiger partial charge in [-0.1, -0.05) is 25.6 Å². The standard InChI is InChI=1S/C2H6N2O2S2/c1-6-2(5)3-4(7)8/h7-8H,1H3,(H,3,5). The molecule has 8 heavy (non-hydrogen) atoms. The van der Waals surface area contributed by atoms with Crippen LogP contribution in [-0.2, 0) is 4.74 Å². The van der Waals surface area contributed by atoms with E-state index in [-0.39, 0.29) is 0 Å². The van der Waals surface area contributed by atoms with E-state index in [0.717, 1.165) is 3.82 Å². The summed E-state index contributed by atoms with van der Waals surface area (Å²) in [6, 6.07) is 0. The zero-order chi connectivity index (χ0) is 6.57. The summed E-state index contributed by atoms with van der Waals surface area (Å²) in [6.07, 6.45) is -0.602. The number of methoxy groups -OCH3 is 1. The van der Waals surface area contributed by atoms with Crippen molar-refractivity contribution >= 4 is 31.7 Å². The predicted octanol–water partition coefficient (Wildman–Crippen LogP) is 0.249. The summed E-state index contributed by atoms with van der Waals surface area (Å²) in [5, 5.41) is 0. The number of carbonyl (C=O) groups excluding carboxylic acids is 1. The fourth-order valence-corrected chi connectivity index (χ4v) is 0.291. The topological polar surface area (TPSA) is 41.6 Å². The monoisotopic (exact) mass is 154 g/mol. The number of hydrogen-bond acceptors (Lipinski definition) is 5. The molecule has 0 bridgehead atoms. The first kappa shape index (κ1) is 7.93. The van der Waals surface area contributed by atoms with E-state index in [1.807, 2.05) is 0 Å². The van der Waals surface area contributed by atoms with Crippen molar-refractivity contribution in [3.05, 3.63) is 0 Å². The lowest BCUT2D eigenvalue weighted by Crippen LogP contribution is -2.29. The summed E-state index contributed by atoms with van der Waals surface area (Å²) in [7, 11) is 1.25. The molecule has 0 unspecified atom stereocenters. The highest BCUT2D eigenvalue weighted by Gasteiger charge is 1.97. The molecule has 0 aromatic carbocycles. The van der Waals surface area contributed by atoms with Gasteiger partial charge in [-0.05, 0) is 0 Å². The van der Waals surface area contributed by atoms with E-state index >= 15 is 0 Å². The van der Waals surface area contributed by atoms with Gasteiger partial charge in [0.2, 0.25) is 0 Å². The van der Waals surface area contributed by atoms with Crippen molar-refractivity contribution in [1.29, 1.82) is 0 Å². The fraction of sp³-hybridized carbons (Fsp3) is 0.500. The molecule has 0 aromatic heterocycles. The van der Waals surface area contributed by atoms with E-state index < -0.39 is 6.09 Å². The smallest absolute Gasteiger partial charge is 0.422 e. The average molecular weight is 154 g/mol. The molecule has 48 valence electrons. The van der Waals surface area contributed by atoms with E-state index in [9.17, 15) is 4.79 Å². The van der Waals surface area contributed by atoms with E-state index in [1.54, 1.807) is 0 Å². The number of thiol groups is 2. The lowest BCUT2D eigenvalue weighted by atomic mass is 11.2. The number of nitrogens with one attached hydrogen (secondary N) is 1. The molecule has 0 heterocycles. The third kappa shape index (κ3) is 4.10. The van der Waals surface area contributed by atoms with Gasteiger partial charge in [-0.2, -0.15) is 0 Å². The molecule has 0 atom stereocenters. The van der Waals surface area contributed by atoms with Gasteiger partial charge >= 0.3 is 6.09 Å². The number of carbonyl (C=O) groups is 1. The van der Waals surface area contributed by atoms with Crippen molar-refractivity contribution in [3.8, 4) is 0 Å². The number of rotatable bonds is 1. The van der Waals surface area contributed by atoms with Gasteiger partial charge < -0.3 is 4.74 Å². The van der Waals surface area contributed by atoms with Crippen LogP contribution in [-0.4, -0.2) is 17.0 Å². The van der Waals surface area contributed by atoms with Crippen molar-refractivity contribution in [2.75, 3.05) is 7.11 Å². The second-order valence-corrected chi connectivity index (χ2v) is 2.01. The molecular weight excluding hydrogens is 148 g/mol. The second kappa shape index (κ2) is 3.88. The summed E-state index contributed by atoms with van der Waals surface area (Å²) in [5.41, 5.74) is 2.09. The number of ether oxygens (including phenoxy) is 1. The first-order valence-corrected chi connectivity index (χ1v) is 2.49. The van der Waals surface area contributed by atoms with Crippen LogP contribution in [0, 0.1) is 0 Å². The van der Waals surface area contributed by atoms with Gasteiger partial charge in [0, 0.05) is 0 Å². The molecular formula is C2H6N2O2S2. The number of hydrogen-bond donors (Lipinski definition) is 3. The number of nitrogens with zero attached hydrogens (tertiary/aromatic N) is 1. The van der Waals surface area contributed by atoms with Crippen LogP contribution < -0.4 is 5.43 Å². The Balaban J connectivity index is 3.25. The predicted molar refractivity (Wildman–Crippen MR) is 35.4 cm³/mol. The summed E-state index contributed by atoms with van der Waals surface area (Å²) in [4.78, 5) is 10.1. The lowest BCUT2D eigenvalue weighted by molar-refractivity contribution is 0.164. The van der Waals surface area contributed by atoms with Crippen LogP contribution in [0.3, 0.4) is 0 Å². The van der Waals surface area contributed by atoms with Gasteiger partial charge in [-0.3, -0.25) is 0 Å². The van der Waals surface area contributed by atoms with Gasteiger partial charge in [-0.25, -0.2) is 10.2 Å². The highest BCUT2D eigenvalue weighted by Crippen LogP contribution is 1.89. The molecule has 0 spiro atoms. The molecule has 0 rings (SSSR count). The van der Waals surface area contributed by atoms with Crippen molar-refractivity contribution in [2.24, 2.45) is 0 Å². The van der Waals surface area contributed by atoms with Crippen molar-refractivity contribution in [1.82, 2.24) is 9.25 Å². The Labute approximate surface area is 58.2 Å². The van der Waals surface area contributed by atoms with Crippen LogP contribution in [0.4, 0.5) is 4.79 Å². The minimum atomic E-state index is -0.602. The molecule has 0 aliphatic carbocycles. The van der Waals surface area contributed by atoms with Gasteiger partial charge in [0.1, 0.15) is 0 Å². The molecule has 0 aliphatic rings. The zero-order valence-corrected chi connectivity index (χ0v) is 5.95. The second-order valence-electron chi connectivity index (χ2n) is 0.893. The normalized spacial score (nSPS) is 9.00. The van der Waals surface area contributed by atoms with Gasteiger partial charge in [0.05, 0.1) is 7.11 Å². The zero-order valence-electron chi connectivity index (χ0n) is 4.16. The third-order valence-corrected chi connectivity index (χ3v) is 0.577. The number of hydrazine groups is 1. The number of amides is 1.